The summed E-state index contributed by atoms with van der Waals surface area (Å²) in [5, 5.41) is 40.6. The van der Waals surface area contributed by atoms with E-state index in [-0.39, 0.29) is 72.2 Å². The molecule has 231 valence electrons. The van der Waals surface area contributed by atoms with E-state index in [4.69, 9.17) is 0 Å². The number of nitrogens with zero attached hydrogens (tertiary/aromatic N) is 2. The van der Waals surface area contributed by atoms with E-state index < -0.39 is 23.9 Å². The molecule has 4 rings (SSSR count). The largest absolute Gasteiger partial charge is 2.00 e. The van der Waals surface area contributed by atoms with Gasteiger partial charge in [0.1, 0.15) is 24.8 Å². The molecule has 1 radical (unpaired) electrons. The molecule has 4 aromatic heterocycles. The van der Waals surface area contributed by atoms with Crippen LogP contribution in [0.3, 0.4) is 0 Å². The number of hydrogen-bond donors (Lipinski definition) is 2. The van der Waals surface area contributed by atoms with Gasteiger partial charge in [0.2, 0.25) is 12.7 Å². The summed E-state index contributed by atoms with van der Waals surface area (Å²) in [4.78, 5) is 58.5. The molecular formula is C20H30CoN6O14+2. The summed E-state index contributed by atoms with van der Waals surface area (Å²) in [6, 6.07) is 4.27. The van der Waals surface area contributed by atoms with Gasteiger partial charge in [-0.05, 0) is 24.3 Å². The maximum atomic E-state index is 10.2. The van der Waals surface area contributed by atoms with E-state index in [1.165, 1.54) is 0 Å². The Bertz CT molecular complexity index is 968. The number of nitrogens with one attached hydrogen (secondary N) is 4. The first kappa shape index (κ1) is 52.3. The third-order valence-electron chi connectivity index (χ3n) is 3.30. The van der Waals surface area contributed by atoms with Crippen molar-refractivity contribution in [2.24, 2.45) is 0 Å². The Morgan fingerprint density at radius 3 is 1.02 bits per heavy atom. The second-order valence-electron chi connectivity index (χ2n) is 5.64. The molecule has 0 bridgehead atoms. The van der Waals surface area contributed by atoms with Crippen LogP contribution < -0.4 is 30.4 Å². The maximum Gasteiger partial charge on any atom is 2.00 e. The van der Waals surface area contributed by atoms with Crippen molar-refractivity contribution in [2.75, 3.05) is 0 Å². The zero-order chi connectivity index (χ0) is 25.3. The van der Waals surface area contributed by atoms with Crippen LogP contribution in [0.5, 0.6) is 0 Å². The van der Waals surface area contributed by atoms with Crippen LogP contribution in [0.4, 0.5) is 0 Å². The van der Waals surface area contributed by atoms with Gasteiger partial charge in [0.15, 0.2) is 0 Å². The molecule has 0 aliphatic carbocycles. The molecule has 0 amide bonds. The summed E-state index contributed by atoms with van der Waals surface area (Å²) in [5.41, 5.74) is -0.944. The van der Waals surface area contributed by atoms with Gasteiger partial charge in [-0.3, -0.25) is 29.9 Å². The average Bonchev–Trinajstić information content (AvgIpc) is 3.59. The summed E-state index contributed by atoms with van der Waals surface area (Å²) in [6.07, 6.45) is 12.6. The van der Waals surface area contributed by atoms with E-state index in [9.17, 15) is 39.6 Å². The second kappa shape index (κ2) is 29.4. The van der Waals surface area contributed by atoms with E-state index in [0.29, 0.717) is 0 Å². The number of pyridine rings is 2. The molecule has 0 unspecified atom stereocenters. The molecule has 0 saturated carbocycles. The zero-order valence-electron chi connectivity index (χ0n) is 20.6. The van der Waals surface area contributed by atoms with Crippen LogP contribution in [-0.2, 0) is 27.7 Å². The number of aromatic nitrogens is 6. The predicted octanol–water partition coefficient (Wildman–Crippen LogP) is -9.87. The second-order valence-corrected chi connectivity index (χ2v) is 5.64. The molecule has 0 aliphatic rings. The SMILES string of the molecule is O.O.O.O.O=C([O-])c1ccc(C(=O)[O-])nc1.O=C([O-])c1ccc(C(=O)[O-])nc1.[Co+2].[OH3+].[OH3+].c1c[nH+]c[nH]1.c1c[nH+]c[nH]1. The summed E-state index contributed by atoms with van der Waals surface area (Å²) < 4.78 is 0. The molecule has 41 heavy (non-hydrogen) atoms. The van der Waals surface area contributed by atoms with Gasteiger partial charge in [-0.15, -0.1) is 0 Å². The Hall–Kier alpha value is -5.13. The van der Waals surface area contributed by atoms with E-state index >= 15 is 0 Å². The average molecular weight is 637 g/mol. The van der Waals surface area contributed by atoms with Crippen molar-refractivity contribution in [1.82, 2.24) is 19.9 Å². The first-order valence-electron chi connectivity index (χ1n) is 8.97. The van der Waals surface area contributed by atoms with E-state index in [1.807, 2.05) is 24.8 Å². The molecule has 0 spiro atoms. The zero-order valence-corrected chi connectivity index (χ0v) is 21.6. The number of imidazole rings is 2. The number of carboxylic acids is 4. The molecule has 0 aliphatic heterocycles. The van der Waals surface area contributed by atoms with Crippen molar-refractivity contribution in [3.63, 3.8) is 0 Å². The first-order valence-corrected chi connectivity index (χ1v) is 8.97. The Balaban J connectivity index is -0.0000000752. The maximum absolute atomic E-state index is 10.2. The molecule has 4 aromatic rings. The van der Waals surface area contributed by atoms with Gasteiger partial charge in [0, 0.05) is 23.5 Å². The van der Waals surface area contributed by atoms with Gasteiger partial charge < -0.3 is 72.5 Å². The summed E-state index contributed by atoms with van der Waals surface area (Å²) in [7, 11) is 0. The Labute approximate surface area is 239 Å². The minimum atomic E-state index is -1.44. The predicted molar refractivity (Wildman–Crippen MR) is 125 cm³/mol. The number of carbonyl (C=O) groups is 4. The molecule has 0 fully saturated rings. The van der Waals surface area contributed by atoms with Crippen LogP contribution in [-0.4, -0.2) is 65.7 Å². The van der Waals surface area contributed by atoms with Crippen LogP contribution >= 0.6 is 0 Å². The van der Waals surface area contributed by atoms with Gasteiger partial charge in [0.25, 0.3) is 0 Å². The van der Waals surface area contributed by atoms with Gasteiger partial charge in [0.05, 0.1) is 35.3 Å². The van der Waals surface area contributed by atoms with Crippen molar-refractivity contribution in [1.29, 1.82) is 0 Å². The normalized spacial score (nSPS) is 7.41. The molecule has 21 heteroatoms. The Kier molecular flexibility index (Phi) is 37.6. The number of aromatic amines is 4. The molecule has 0 aromatic carbocycles. The minimum absolute atomic E-state index is 0. The summed E-state index contributed by atoms with van der Waals surface area (Å²) in [5.74, 6) is -5.68. The molecule has 20 nitrogen and oxygen atoms in total. The first-order chi connectivity index (χ1) is 16.2. The number of H-pyrrole nitrogens is 4. The standard InChI is InChI=1S/2C7H5NO4.2C3H4N2.Co.6H2O/c2*9-6(10)4-1-2-5(7(11)12)8-3-4;2*1-2-5-3-4-1;;;;;;;/h2*1-3H,(H,9,10)(H,11,12);2*1-3H,(H,4,5);;6*1H2/q;;;;+2;;;;;;. The van der Waals surface area contributed by atoms with Crippen LogP contribution in [0.15, 0.2) is 74.1 Å². The fourth-order valence-corrected chi connectivity index (χ4v) is 1.75. The van der Waals surface area contributed by atoms with Crippen molar-refractivity contribution in [3.05, 3.63) is 96.6 Å². The van der Waals surface area contributed by atoms with Crippen LogP contribution in [0, 0.1) is 0 Å². The van der Waals surface area contributed by atoms with E-state index in [1.54, 1.807) is 12.7 Å². The van der Waals surface area contributed by atoms with Gasteiger partial charge >= 0.3 is 16.8 Å². The van der Waals surface area contributed by atoms with Crippen molar-refractivity contribution < 1.29 is 99.2 Å². The fourth-order valence-electron chi connectivity index (χ4n) is 1.75. The number of aromatic carboxylic acids is 4. The van der Waals surface area contributed by atoms with Gasteiger partial charge in [-0.1, -0.05) is 0 Å². The van der Waals surface area contributed by atoms with Crippen LogP contribution in [0.25, 0.3) is 0 Å². The van der Waals surface area contributed by atoms with Crippen molar-refractivity contribution in [3.8, 4) is 0 Å². The molecular weight excluding hydrogens is 607 g/mol. The van der Waals surface area contributed by atoms with E-state index in [0.717, 1.165) is 36.7 Å². The summed E-state index contributed by atoms with van der Waals surface area (Å²) >= 11 is 0. The van der Waals surface area contributed by atoms with Crippen molar-refractivity contribution >= 4 is 23.9 Å². The smallest absolute Gasteiger partial charge is 0.545 e. The topological polar surface area (TPSA) is 438 Å². The molecule has 0 atom stereocenters. The third kappa shape index (κ3) is 22.6. The van der Waals surface area contributed by atoms with Gasteiger partial charge in [-0.2, -0.15) is 0 Å². The molecule has 0 saturated heterocycles. The minimum Gasteiger partial charge on any atom is -0.545 e. The quantitative estimate of drug-likeness (QED) is 0.199. The van der Waals surface area contributed by atoms with Gasteiger partial charge in [-0.25, -0.2) is 0 Å². The molecule has 4 heterocycles. The monoisotopic (exact) mass is 637 g/mol. The third-order valence-corrected chi connectivity index (χ3v) is 3.30. The summed E-state index contributed by atoms with van der Waals surface area (Å²) in [6.45, 7) is 0. The fraction of sp³-hybridized carbons (Fsp3) is 0. The van der Waals surface area contributed by atoms with Crippen LogP contribution in [0.2, 0.25) is 0 Å². The van der Waals surface area contributed by atoms with Crippen LogP contribution in [0.1, 0.15) is 41.7 Å². The number of carbonyl (C=O) groups excluding carboxylic acids is 4. The number of rotatable bonds is 4. The Morgan fingerprint density at radius 2 is 0.902 bits per heavy atom. The Morgan fingerprint density at radius 1 is 0.585 bits per heavy atom. The molecule has 18 N–H and O–H groups in total. The van der Waals surface area contributed by atoms with E-state index in [2.05, 4.69) is 29.9 Å². The van der Waals surface area contributed by atoms with Crippen molar-refractivity contribution in [2.45, 2.75) is 0 Å². The number of hydrogen-bond acceptors (Lipinski definition) is 10. The number of carboxylic acid groups (broad SMARTS) is 4.